The van der Waals surface area contributed by atoms with Gasteiger partial charge in [0.1, 0.15) is 36.7 Å². The Balaban J connectivity index is 0.00000420. The third-order valence-corrected chi connectivity index (χ3v) is 5.73. The van der Waals surface area contributed by atoms with Crippen molar-refractivity contribution >= 4 is 37.8 Å². The molecule has 0 saturated heterocycles. The maximum Gasteiger partial charge on any atom is 0.223 e. The molecule has 2 aromatic rings. The van der Waals surface area contributed by atoms with Crippen molar-refractivity contribution in [1.82, 2.24) is 0 Å². The zero-order valence-electron chi connectivity index (χ0n) is 17.7. The summed E-state index contributed by atoms with van der Waals surface area (Å²) >= 11 is 0. The number of benzene rings is 2. The van der Waals surface area contributed by atoms with Gasteiger partial charge in [0.2, 0.25) is 5.52 Å². The van der Waals surface area contributed by atoms with Crippen LogP contribution in [0.3, 0.4) is 0 Å². The van der Waals surface area contributed by atoms with Gasteiger partial charge in [0.15, 0.2) is 0 Å². The van der Waals surface area contributed by atoms with Crippen LogP contribution in [0.1, 0.15) is 10.4 Å². The Bertz CT molecular complexity index is 758. The molecule has 1 atom stereocenters. The summed E-state index contributed by atoms with van der Waals surface area (Å²) in [5.41, 5.74) is 0.0813. The number of rotatable bonds is 11. The van der Waals surface area contributed by atoms with Crippen molar-refractivity contribution < 1.29 is 33.0 Å². The van der Waals surface area contributed by atoms with Gasteiger partial charge in [-0.25, -0.2) is 0 Å². The summed E-state index contributed by atoms with van der Waals surface area (Å²) in [5.74, 6) is 1.94. The van der Waals surface area contributed by atoms with Gasteiger partial charge in [-0.15, -0.1) is 0 Å². The first-order valence-corrected chi connectivity index (χ1v) is 9.75. The molecule has 153 valence electrons. The van der Waals surface area contributed by atoms with Crippen molar-refractivity contribution in [3.05, 3.63) is 42.0 Å². The monoisotopic (exact) mass is 415 g/mol. The molecule has 7 nitrogen and oxygen atoms in total. The van der Waals surface area contributed by atoms with Crippen LogP contribution in [0.15, 0.2) is 36.4 Å². The van der Waals surface area contributed by atoms with E-state index in [-0.39, 0.29) is 31.0 Å². The average Bonchev–Trinajstić information content (AvgIpc) is 2.75. The van der Waals surface area contributed by atoms with Crippen molar-refractivity contribution in [1.29, 1.82) is 0 Å². The van der Waals surface area contributed by atoms with Crippen molar-refractivity contribution in [2.45, 2.75) is 0 Å². The summed E-state index contributed by atoms with van der Waals surface area (Å²) in [6.45, 7) is 0.653. The van der Waals surface area contributed by atoms with Crippen molar-refractivity contribution in [2.24, 2.45) is 0 Å². The first-order valence-electron chi connectivity index (χ1n) is 8.50. The van der Waals surface area contributed by atoms with E-state index in [1.807, 2.05) is 12.1 Å². The van der Waals surface area contributed by atoms with Crippen LogP contribution in [0.4, 0.5) is 0 Å². The summed E-state index contributed by atoms with van der Waals surface area (Å²) in [5, 5.41) is 0.747. The molecule has 0 aliphatic rings. The number of carbonyl (C=O) groups excluding carboxylic acids is 1. The van der Waals surface area contributed by atoms with Crippen molar-refractivity contribution in [3.8, 4) is 23.0 Å². The maximum atomic E-state index is 13.5. The standard InChI is InChI=1S/C20H25O7P.Li/c1-22-10-11-27-28(16-8-6-14(23-2)7-9-16)20(21)19-17(25-4)12-15(24-3)13-18(19)26-5;/h6-9,12-13H,10-11H2,1-5H3;. The fraction of sp³-hybridized carbons (Fsp3) is 0.350. The molecule has 0 aliphatic carbocycles. The molecule has 2 aromatic carbocycles. The van der Waals surface area contributed by atoms with E-state index in [1.54, 1.807) is 38.5 Å². The SMILES string of the molecule is COCCOP(C(=O)c1c(OC)cc(OC)cc1OC)c1ccc(OC)cc1.[Li]. The van der Waals surface area contributed by atoms with Gasteiger partial charge in [0.05, 0.1) is 41.7 Å². The number of hydrogen-bond acceptors (Lipinski definition) is 7. The molecule has 2 rings (SSSR count). The van der Waals surface area contributed by atoms with Crippen LogP contribution in [0.25, 0.3) is 0 Å². The van der Waals surface area contributed by atoms with Gasteiger partial charge in [0.25, 0.3) is 0 Å². The van der Waals surface area contributed by atoms with E-state index >= 15 is 0 Å². The van der Waals surface area contributed by atoms with Gasteiger partial charge in [-0.05, 0) is 24.3 Å². The largest absolute Gasteiger partial charge is 0.497 e. The Morgan fingerprint density at radius 1 is 0.793 bits per heavy atom. The van der Waals surface area contributed by atoms with E-state index in [0.29, 0.717) is 35.2 Å². The second-order valence-electron chi connectivity index (χ2n) is 5.53. The predicted molar refractivity (Wildman–Crippen MR) is 114 cm³/mol. The number of ether oxygens (including phenoxy) is 5. The molecule has 0 amide bonds. The first kappa shape index (κ1) is 25.3. The molecule has 0 fully saturated rings. The molecule has 0 bridgehead atoms. The van der Waals surface area contributed by atoms with E-state index in [0.717, 1.165) is 5.30 Å². The van der Waals surface area contributed by atoms with E-state index in [2.05, 4.69) is 0 Å². The number of carbonyl (C=O) groups is 1. The van der Waals surface area contributed by atoms with Gasteiger partial charge < -0.3 is 28.2 Å². The zero-order chi connectivity index (χ0) is 20.5. The average molecular weight is 415 g/mol. The normalized spacial score (nSPS) is 11.2. The van der Waals surface area contributed by atoms with E-state index in [9.17, 15) is 4.79 Å². The summed E-state index contributed by atoms with van der Waals surface area (Å²) in [7, 11) is 6.03. The minimum Gasteiger partial charge on any atom is -0.497 e. The number of hydrogen-bond donors (Lipinski definition) is 0. The van der Waals surface area contributed by atoms with Gasteiger partial charge in [-0.1, -0.05) is 0 Å². The fourth-order valence-corrected chi connectivity index (χ4v) is 4.10. The third kappa shape index (κ3) is 6.37. The first-order chi connectivity index (χ1) is 13.6. The molecule has 1 unspecified atom stereocenters. The van der Waals surface area contributed by atoms with Crippen molar-refractivity contribution in [2.75, 3.05) is 48.8 Å². The Morgan fingerprint density at radius 2 is 1.34 bits per heavy atom. The quantitative estimate of drug-likeness (QED) is 0.318. The summed E-state index contributed by atoms with van der Waals surface area (Å²) in [4.78, 5) is 13.5. The Hall–Kier alpha value is -1.74. The Labute approximate surface area is 184 Å². The third-order valence-electron chi connectivity index (χ3n) is 3.93. The molecular weight excluding hydrogens is 390 g/mol. The van der Waals surface area contributed by atoms with Crippen LogP contribution in [-0.2, 0) is 9.26 Å². The minimum absolute atomic E-state index is 0. The van der Waals surface area contributed by atoms with Gasteiger partial charge in [-0.2, -0.15) is 0 Å². The molecule has 9 heteroatoms. The Morgan fingerprint density at radius 3 is 1.79 bits per heavy atom. The molecule has 0 aromatic heterocycles. The van der Waals surface area contributed by atoms with Gasteiger partial charge in [0, 0.05) is 43.4 Å². The topological polar surface area (TPSA) is 72.5 Å². The van der Waals surface area contributed by atoms with Crippen LogP contribution in [0.5, 0.6) is 23.0 Å². The molecule has 1 radical (unpaired) electrons. The minimum atomic E-state index is -1.66. The van der Waals surface area contributed by atoms with Crippen LogP contribution in [0.2, 0.25) is 0 Å². The molecule has 0 aliphatic heterocycles. The molecule has 0 heterocycles. The molecule has 0 N–H and O–H groups in total. The van der Waals surface area contributed by atoms with Gasteiger partial charge in [-0.3, -0.25) is 4.79 Å². The Kier molecular flexibility index (Phi) is 11.1. The van der Waals surface area contributed by atoms with Crippen LogP contribution >= 0.6 is 8.15 Å². The van der Waals surface area contributed by atoms with E-state index < -0.39 is 8.15 Å². The van der Waals surface area contributed by atoms with Crippen LogP contribution in [-0.4, -0.2) is 73.1 Å². The fourth-order valence-electron chi connectivity index (χ4n) is 2.50. The van der Waals surface area contributed by atoms with Gasteiger partial charge >= 0.3 is 0 Å². The van der Waals surface area contributed by atoms with Crippen molar-refractivity contribution in [3.63, 3.8) is 0 Å². The summed E-state index contributed by atoms with van der Waals surface area (Å²) in [6, 6.07) is 10.5. The smallest absolute Gasteiger partial charge is 0.223 e. The molecule has 0 spiro atoms. The predicted octanol–water partition coefficient (Wildman–Crippen LogP) is 2.87. The molecular formula is C20H25LiO7P. The summed E-state index contributed by atoms with van der Waals surface area (Å²) < 4.78 is 32.3. The van der Waals surface area contributed by atoms with E-state index in [1.165, 1.54) is 21.3 Å². The van der Waals surface area contributed by atoms with E-state index in [4.69, 9.17) is 28.2 Å². The maximum absolute atomic E-state index is 13.5. The van der Waals surface area contributed by atoms with Crippen LogP contribution < -0.4 is 24.3 Å². The number of methoxy groups -OCH3 is 5. The molecule has 0 saturated carbocycles. The second-order valence-corrected chi connectivity index (χ2v) is 7.30. The summed E-state index contributed by atoms with van der Waals surface area (Å²) in [6.07, 6.45) is 0. The molecule has 29 heavy (non-hydrogen) atoms. The second kappa shape index (κ2) is 12.7. The van der Waals surface area contributed by atoms with Crippen LogP contribution in [0, 0.1) is 0 Å². The zero-order valence-corrected chi connectivity index (χ0v) is 18.6.